The lowest BCUT2D eigenvalue weighted by atomic mass is 9.99. The average Bonchev–Trinajstić information content (AvgIpc) is 3.18. The van der Waals surface area contributed by atoms with Gasteiger partial charge in [-0.1, -0.05) is 20.3 Å². The number of carbonyl (C=O) groups is 2. The van der Waals surface area contributed by atoms with Crippen molar-refractivity contribution in [2.75, 3.05) is 20.2 Å². The number of amides is 1. The van der Waals surface area contributed by atoms with Gasteiger partial charge >= 0.3 is 5.97 Å². The first-order chi connectivity index (χ1) is 8.58. The van der Waals surface area contributed by atoms with Crippen LogP contribution < -0.4 is 10.6 Å². The quantitative estimate of drug-likeness (QED) is 0.627. The van der Waals surface area contributed by atoms with Crippen molar-refractivity contribution in [3.63, 3.8) is 0 Å². The fourth-order valence-corrected chi connectivity index (χ4v) is 1.73. The van der Waals surface area contributed by atoms with Crippen LogP contribution in [0.4, 0.5) is 0 Å². The van der Waals surface area contributed by atoms with Crippen LogP contribution in [0.5, 0.6) is 0 Å². The summed E-state index contributed by atoms with van der Waals surface area (Å²) in [5.74, 6) is 0.292. The predicted octanol–water partition coefficient (Wildman–Crippen LogP) is 0.690. The number of hydrogen-bond donors (Lipinski definition) is 2. The second-order valence-electron chi connectivity index (χ2n) is 5.03. The Balaban J connectivity index is 2.32. The van der Waals surface area contributed by atoms with E-state index in [0.717, 1.165) is 18.9 Å². The SMILES string of the molecule is CCC(C)C(NC(=O)CNCC1CC1)C(=O)OC. The Kier molecular flexibility index (Phi) is 6.12. The van der Waals surface area contributed by atoms with Gasteiger partial charge in [-0.3, -0.25) is 4.79 Å². The molecule has 0 aromatic rings. The third-order valence-electron chi connectivity index (χ3n) is 3.40. The molecule has 5 heteroatoms. The van der Waals surface area contributed by atoms with Crippen molar-refractivity contribution in [3.05, 3.63) is 0 Å². The van der Waals surface area contributed by atoms with Gasteiger partial charge in [0, 0.05) is 0 Å². The second kappa shape index (κ2) is 7.36. The molecule has 2 atom stereocenters. The minimum Gasteiger partial charge on any atom is -0.467 e. The predicted molar refractivity (Wildman–Crippen MR) is 69.0 cm³/mol. The minimum absolute atomic E-state index is 0.0739. The van der Waals surface area contributed by atoms with Crippen molar-refractivity contribution < 1.29 is 14.3 Å². The number of carbonyl (C=O) groups excluding carboxylic acids is 2. The zero-order valence-electron chi connectivity index (χ0n) is 11.5. The van der Waals surface area contributed by atoms with E-state index in [4.69, 9.17) is 4.74 Å². The zero-order chi connectivity index (χ0) is 13.5. The van der Waals surface area contributed by atoms with Crippen LogP contribution in [0.25, 0.3) is 0 Å². The number of rotatable bonds is 8. The smallest absolute Gasteiger partial charge is 0.328 e. The lowest BCUT2D eigenvalue weighted by Crippen LogP contribution is -2.48. The summed E-state index contributed by atoms with van der Waals surface area (Å²) in [7, 11) is 1.34. The first-order valence-corrected chi connectivity index (χ1v) is 6.66. The van der Waals surface area contributed by atoms with E-state index in [1.54, 1.807) is 0 Å². The van der Waals surface area contributed by atoms with Crippen LogP contribution in [0.2, 0.25) is 0 Å². The average molecular weight is 256 g/mol. The molecule has 1 saturated carbocycles. The Morgan fingerprint density at radius 1 is 1.39 bits per heavy atom. The molecule has 1 rings (SSSR count). The van der Waals surface area contributed by atoms with Gasteiger partial charge < -0.3 is 15.4 Å². The van der Waals surface area contributed by atoms with Gasteiger partial charge in [0.2, 0.25) is 5.91 Å². The molecular formula is C13H24N2O3. The van der Waals surface area contributed by atoms with Crippen LogP contribution in [-0.2, 0) is 14.3 Å². The summed E-state index contributed by atoms with van der Waals surface area (Å²) in [6, 6.07) is -0.546. The number of ether oxygens (including phenoxy) is 1. The fraction of sp³-hybridized carbons (Fsp3) is 0.846. The Hall–Kier alpha value is -1.10. The minimum atomic E-state index is -0.546. The topological polar surface area (TPSA) is 67.4 Å². The molecule has 0 aromatic heterocycles. The maximum absolute atomic E-state index is 11.7. The molecule has 0 bridgehead atoms. The van der Waals surface area contributed by atoms with Crippen molar-refractivity contribution in [3.8, 4) is 0 Å². The van der Waals surface area contributed by atoms with Gasteiger partial charge in [0.25, 0.3) is 0 Å². The standard InChI is InChI=1S/C13H24N2O3/c1-4-9(2)12(13(17)18-3)15-11(16)8-14-7-10-5-6-10/h9-10,12,14H,4-8H2,1-3H3,(H,15,16). The van der Waals surface area contributed by atoms with Crippen LogP contribution in [0, 0.1) is 11.8 Å². The Morgan fingerprint density at radius 2 is 2.06 bits per heavy atom. The van der Waals surface area contributed by atoms with Crippen LogP contribution in [0.1, 0.15) is 33.1 Å². The van der Waals surface area contributed by atoms with Crippen molar-refractivity contribution in [1.82, 2.24) is 10.6 Å². The van der Waals surface area contributed by atoms with Gasteiger partial charge in [0.15, 0.2) is 0 Å². The van der Waals surface area contributed by atoms with Crippen LogP contribution in [0.15, 0.2) is 0 Å². The first kappa shape index (κ1) is 15.0. The lowest BCUT2D eigenvalue weighted by molar-refractivity contribution is -0.146. The summed E-state index contributed by atoms with van der Waals surface area (Å²) in [4.78, 5) is 23.3. The van der Waals surface area contributed by atoms with E-state index in [1.165, 1.54) is 20.0 Å². The number of esters is 1. The fourth-order valence-electron chi connectivity index (χ4n) is 1.73. The molecule has 5 nitrogen and oxygen atoms in total. The normalized spacial score (nSPS) is 17.9. The molecule has 2 N–H and O–H groups in total. The molecular weight excluding hydrogens is 232 g/mol. The third kappa shape index (κ3) is 5.04. The third-order valence-corrected chi connectivity index (χ3v) is 3.40. The highest BCUT2D eigenvalue weighted by Crippen LogP contribution is 2.27. The Labute approximate surface area is 109 Å². The first-order valence-electron chi connectivity index (χ1n) is 6.66. The molecule has 18 heavy (non-hydrogen) atoms. The number of hydrogen-bond acceptors (Lipinski definition) is 4. The van der Waals surface area contributed by atoms with E-state index in [1.807, 2.05) is 13.8 Å². The summed E-state index contributed by atoms with van der Waals surface area (Å²) < 4.78 is 4.71. The molecule has 0 heterocycles. The molecule has 2 unspecified atom stereocenters. The summed E-state index contributed by atoms with van der Waals surface area (Å²) in [6.07, 6.45) is 3.33. The second-order valence-corrected chi connectivity index (χ2v) is 5.03. The largest absolute Gasteiger partial charge is 0.467 e. The molecule has 1 aliphatic carbocycles. The van der Waals surface area contributed by atoms with Gasteiger partial charge in [-0.05, 0) is 31.2 Å². The van der Waals surface area contributed by atoms with Gasteiger partial charge in [0.1, 0.15) is 6.04 Å². The number of nitrogens with one attached hydrogen (secondary N) is 2. The van der Waals surface area contributed by atoms with Crippen molar-refractivity contribution in [2.24, 2.45) is 11.8 Å². The molecule has 0 spiro atoms. The van der Waals surface area contributed by atoms with E-state index >= 15 is 0 Å². The monoisotopic (exact) mass is 256 g/mol. The van der Waals surface area contributed by atoms with Crippen molar-refractivity contribution in [1.29, 1.82) is 0 Å². The van der Waals surface area contributed by atoms with Gasteiger partial charge in [0.05, 0.1) is 13.7 Å². The molecule has 0 saturated heterocycles. The van der Waals surface area contributed by atoms with Crippen LogP contribution in [0.3, 0.4) is 0 Å². The molecule has 1 fully saturated rings. The van der Waals surface area contributed by atoms with Crippen LogP contribution in [-0.4, -0.2) is 38.1 Å². The summed E-state index contributed by atoms with van der Waals surface area (Å²) >= 11 is 0. The van der Waals surface area contributed by atoms with E-state index in [-0.39, 0.29) is 24.3 Å². The summed E-state index contributed by atoms with van der Waals surface area (Å²) in [5, 5.41) is 5.84. The Bertz CT molecular complexity index is 290. The molecule has 0 radical (unpaired) electrons. The molecule has 104 valence electrons. The van der Waals surface area contributed by atoms with Gasteiger partial charge in [-0.2, -0.15) is 0 Å². The highest BCUT2D eigenvalue weighted by atomic mass is 16.5. The van der Waals surface area contributed by atoms with Crippen molar-refractivity contribution >= 4 is 11.9 Å². The maximum atomic E-state index is 11.7. The molecule has 0 aromatic carbocycles. The lowest BCUT2D eigenvalue weighted by Gasteiger charge is -2.21. The highest BCUT2D eigenvalue weighted by Gasteiger charge is 2.26. The highest BCUT2D eigenvalue weighted by molar-refractivity contribution is 5.85. The van der Waals surface area contributed by atoms with Crippen molar-refractivity contribution in [2.45, 2.75) is 39.2 Å². The Morgan fingerprint density at radius 3 is 2.56 bits per heavy atom. The van der Waals surface area contributed by atoms with Gasteiger partial charge in [-0.15, -0.1) is 0 Å². The summed E-state index contributed by atoms with van der Waals surface area (Å²) in [5.41, 5.74) is 0. The van der Waals surface area contributed by atoms with Gasteiger partial charge in [-0.25, -0.2) is 4.79 Å². The molecule has 0 aliphatic heterocycles. The van der Waals surface area contributed by atoms with Crippen LogP contribution >= 0.6 is 0 Å². The summed E-state index contributed by atoms with van der Waals surface area (Å²) in [6.45, 7) is 5.07. The maximum Gasteiger partial charge on any atom is 0.328 e. The molecule has 1 aliphatic rings. The van der Waals surface area contributed by atoms with E-state index in [0.29, 0.717) is 0 Å². The van der Waals surface area contributed by atoms with E-state index in [9.17, 15) is 9.59 Å². The van der Waals surface area contributed by atoms with E-state index in [2.05, 4.69) is 10.6 Å². The molecule has 1 amide bonds. The zero-order valence-corrected chi connectivity index (χ0v) is 11.5. The van der Waals surface area contributed by atoms with E-state index < -0.39 is 6.04 Å². The number of methoxy groups -OCH3 is 1.